The molecule has 0 aromatic heterocycles. The van der Waals surface area contributed by atoms with E-state index in [1.54, 1.807) is 13.0 Å². The number of hydrogen-bond donors (Lipinski definition) is 2. The lowest BCUT2D eigenvalue weighted by Crippen LogP contribution is -1.98. The summed E-state index contributed by atoms with van der Waals surface area (Å²) in [6.07, 6.45) is -0.537. The van der Waals surface area contributed by atoms with E-state index in [1.807, 2.05) is 12.1 Å². The third kappa shape index (κ3) is 2.06. The van der Waals surface area contributed by atoms with Gasteiger partial charge in [-0.3, -0.25) is 0 Å². The summed E-state index contributed by atoms with van der Waals surface area (Å²) in [6, 6.07) is 5.46. The van der Waals surface area contributed by atoms with Crippen LogP contribution in [0.4, 0.5) is 0 Å². The van der Waals surface area contributed by atoms with Crippen molar-refractivity contribution < 1.29 is 10.2 Å². The molecule has 0 heterocycles. The van der Waals surface area contributed by atoms with Crippen molar-refractivity contribution in [2.24, 2.45) is 0 Å². The third-order valence-corrected chi connectivity index (χ3v) is 2.22. The van der Waals surface area contributed by atoms with E-state index in [9.17, 15) is 5.11 Å². The third-order valence-electron chi connectivity index (χ3n) is 1.73. The van der Waals surface area contributed by atoms with Gasteiger partial charge in [0.25, 0.3) is 0 Å². The molecule has 1 unspecified atom stereocenters. The summed E-state index contributed by atoms with van der Waals surface area (Å²) in [5.41, 5.74) is 1.54. The average Bonchev–Trinajstić information content (AvgIpc) is 2.04. The van der Waals surface area contributed by atoms with Crippen molar-refractivity contribution in [3.8, 4) is 0 Å². The molecule has 1 atom stereocenters. The maximum Gasteiger partial charge on any atom is 0.0765 e. The molecule has 0 amide bonds. The number of aliphatic hydroxyl groups excluding tert-OH is 2. The quantitative estimate of drug-likeness (QED) is 0.817. The second kappa shape index (κ2) is 4.03. The SMILES string of the molecule is CC(O)c1cc(Br)ccc1CO. The van der Waals surface area contributed by atoms with E-state index in [0.29, 0.717) is 0 Å². The fourth-order valence-electron chi connectivity index (χ4n) is 1.10. The van der Waals surface area contributed by atoms with Crippen LogP contribution in [0.5, 0.6) is 0 Å². The Morgan fingerprint density at radius 3 is 2.67 bits per heavy atom. The molecule has 0 aliphatic carbocycles. The lowest BCUT2D eigenvalue weighted by atomic mass is 10.0. The number of halogens is 1. The number of rotatable bonds is 2. The van der Waals surface area contributed by atoms with E-state index in [0.717, 1.165) is 15.6 Å². The highest BCUT2D eigenvalue weighted by Gasteiger charge is 2.06. The minimum absolute atomic E-state index is 0.0342. The number of aliphatic hydroxyl groups is 2. The lowest BCUT2D eigenvalue weighted by Gasteiger charge is -2.10. The monoisotopic (exact) mass is 230 g/mol. The minimum atomic E-state index is -0.537. The molecule has 2 nitrogen and oxygen atoms in total. The highest BCUT2D eigenvalue weighted by molar-refractivity contribution is 9.10. The summed E-state index contributed by atoms with van der Waals surface area (Å²) in [4.78, 5) is 0. The van der Waals surface area contributed by atoms with E-state index in [4.69, 9.17) is 5.11 Å². The smallest absolute Gasteiger partial charge is 0.0765 e. The molecule has 3 heteroatoms. The molecule has 0 radical (unpaired) electrons. The normalized spacial score (nSPS) is 13.0. The van der Waals surface area contributed by atoms with Gasteiger partial charge in [0.2, 0.25) is 0 Å². The predicted octanol–water partition coefficient (Wildman–Crippen LogP) is 1.99. The summed E-state index contributed by atoms with van der Waals surface area (Å²) >= 11 is 3.30. The van der Waals surface area contributed by atoms with E-state index < -0.39 is 6.10 Å². The Morgan fingerprint density at radius 2 is 2.17 bits per heavy atom. The van der Waals surface area contributed by atoms with E-state index in [2.05, 4.69) is 15.9 Å². The van der Waals surface area contributed by atoms with Crippen LogP contribution in [-0.2, 0) is 6.61 Å². The molecule has 1 rings (SSSR count). The van der Waals surface area contributed by atoms with Gasteiger partial charge >= 0.3 is 0 Å². The fraction of sp³-hybridized carbons (Fsp3) is 0.333. The first-order valence-electron chi connectivity index (χ1n) is 3.72. The molecule has 2 N–H and O–H groups in total. The van der Waals surface area contributed by atoms with E-state index in [-0.39, 0.29) is 6.61 Å². The topological polar surface area (TPSA) is 40.5 Å². The standard InChI is InChI=1S/C9H11BrO2/c1-6(12)9-4-8(10)3-2-7(9)5-11/h2-4,6,11-12H,5H2,1H3. The Balaban J connectivity index is 3.12. The molecular formula is C9H11BrO2. The summed E-state index contributed by atoms with van der Waals surface area (Å²) < 4.78 is 0.913. The molecule has 0 fully saturated rings. The van der Waals surface area contributed by atoms with E-state index >= 15 is 0 Å². The van der Waals surface area contributed by atoms with Gasteiger partial charge in [-0.05, 0) is 30.2 Å². The Labute approximate surface area is 80.0 Å². The zero-order valence-corrected chi connectivity index (χ0v) is 8.37. The van der Waals surface area contributed by atoms with Crippen molar-refractivity contribution in [2.75, 3.05) is 0 Å². The molecule has 1 aromatic rings. The largest absolute Gasteiger partial charge is 0.392 e. The van der Waals surface area contributed by atoms with Crippen LogP contribution in [0.1, 0.15) is 24.2 Å². The van der Waals surface area contributed by atoms with Gasteiger partial charge in [-0.1, -0.05) is 22.0 Å². The average molecular weight is 231 g/mol. The molecule has 66 valence electrons. The Morgan fingerprint density at radius 1 is 1.50 bits per heavy atom. The summed E-state index contributed by atoms with van der Waals surface area (Å²) in [5.74, 6) is 0. The Bertz CT molecular complexity index is 271. The first-order valence-corrected chi connectivity index (χ1v) is 4.51. The van der Waals surface area contributed by atoms with Crippen molar-refractivity contribution in [3.05, 3.63) is 33.8 Å². The van der Waals surface area contributed by atoms with Crippen molar-refractivity contribution >= 4 is 15.9 Å². The maximum absolute atomic E-state index is 9.33. The predicted molar refractivity (Wildman–Crippen MR) is 50.7 cm³/mol. The second-order valence-corrected chi connectivity index (χ2v) is 3.59. The van der Waals surface area contributed by atoms with Crippen LogP contribution in [0.25, 0.3) is 0 Å². The van der Waals surface area contributed by atoms with Crippen LogP contribution in [0.2, 0.25) is 0 Å². The molecule has 0 aliphatic rings. The summed E-state index contributed by atoms with van der Waals surface area (Å²) in [7, 11) is 0. The van der Waals surface area contributed by atoms with Crippen molar-refractivity contribution in [2.45, 2.75) is 19.6 Å². The first kappa shape index (κ1) is 9.71. The maximum atomic E-state index is 9.33. The zero-order valence-electron chi connectivity index (χ0n) is 6.79. The van der Waals surface area contributed by atoms with Crippen LogP contribution < -0.4 is 0 Å². The second-order valence-electron chi connectivity index (χ2n) is 2.68. The van der Waals surface area contributed by atoms with Gasteiger partial charge < -0.3 is 10.2 Å². The van der Waals surface area contributed by atoms with Gasteiger partial charge in [-0.15, -0.1) is 0 Å². The number of hydrogen-bond acceptors (Lipinski definition) is 2. The van der Waals surface area contributed by atoms with Gasteiger partial charge in [0.15, 0.2) is 0 Å². The van der Waals surface area contributed by atoms with Crippen LogP contribution >= 0.6 is 15.9 Å². The van der Waals surface area contributed by atoms with Crippen molar-refractivity contribution in [3.63, 3.8) is 0 Å². The Kier molecular flexibility index (Phi) is 3.26. The first-order chi connectivity index (χ1) is 5.65. The molecule has 0 saturated carbocycles. The van der Waals surface area contributed by atoms with Gasteiger partial charge in [0.1, 0.15) is 0 Å². The minimum Gasteiger partial charge on any atom is -0.392 e. The molecule has 12 heavy (non-hydrogen) atoms. The lowest BCUT2D eigenvalue weighted by molar-refractivity contribution is 0.193. The fourth-order valence-corrected chi connectivity index (χ4v) is 1.48. The van der Waals surface area contributed by atoms with Gasteiger partial charge in [0.05, 0.1) is 12.7 Å². The summed E-state index contributed by atoms with van der Waals surface area (Å²) in [6.45, 7) is 1.65. The summed E-state index contributed by atoms with van der Waals surface area (Å²) in [5, 5.41) is 18.3. The van der Waals surface area contributed by atoms with Crippen LogP contribution in [0, 0.1) is 0 Å². The highest BCUT2D eigenvalue weighted by Crippen LogP contribution is 2.22. The molecule has 0 saturated heterocycles. The molecule has 1 aromatic carbocycles. The highest BCUT2D eigenvalue weighted by atomic mass is 79.9. The van der Waals surface area contributed by atoms with Crippen LogP contribution in [-0.4, -0.2) is 10.2 Å². The van der Waals surface area contributed by atoms with Gasteiger partial charge in [0, 0.05) is 4.47 Å². The van der Waals surface area contributed by atoms with Crippen molar-refractivity contribution in [1.82, 2.24) is 0 Å². The molecule has 0 bridgehead atoms. The van der Waals surface area contributed by atoms with Crippen molar-refractivity contribution in [1.29, 1.82) is 0 Å². The zero-order chi connectivity index (χ0) is 9.14. The van der Waals surface area contributed by atoms with Gasteiger partial charge in [-0.2, -0.15) is 0 Å². The Hall–Kier alpha value is -0.380. The molecule has 0 aliphatic heterocycles. The van der Waals surface area contributed by atoms with Crippen LogP contribution in [0.15, 0.2) is 22.7 Å². The molecular weight excluding hydrogens is 220 g/mol. The van der Waals surface area contributed by atoms with Gasteiger partial charge in [-0.25, -0.2) is 0 Å². The van der Waals surface area contributed by atoms with Crippen LogP contribution in [0.3, 0.4) is 0 Å². The molecule has 0 spiro atoms. The number of benzene rings is 1. The van der Waals surface area contributed by atoms with E-state index in [1.165, 1.54) is 0 Å².